The van der Waals surface area contributed by atoms with Crippen molar-refractivity contribution in [1.82, 2.24) is 4.98 Å². The Kier molecular flexibility index (Phi) is 2.18. The van der Waals surface area contributed by atoms with Crippen LogP contribution in [-0.4, -0.2) is 15.9 Å². The first kappa shape index (κ1) is 7.22. The predicted molar refractivity (Wildman–Crippen MR) is 38.2 cm³/mol. The molecule has 0 unspecified atom stereocenters. The third-order valence-corrected chi connectivity index (χ3v) is 1.16. The highest BCUT2D eigenvalue weighted by molar-refractivity contribution is 6.11. The van der Waals surface area contributed by atoms with Gasteiger partial charge >= 0.3 is 0 Å². The van der Waals surface area contributed by atoms with E-state index in [0.29, 0.717) is 5.56 Å². The van der Waals surface area contributed by atoms with Crippen LogP contribution >= 0.6 is 0 Å². The Hall–Kier alpha value is -1.89. The number of oxime groups is 1. The number of aromatic nitrogens is 1. The van der Waals surface area contributed by atoms with Crippen LogP contribution in [0.3, 0.4) is 0 Å². The van der Waals surface area contributed by atoms with Gasteiger partial charge < -0.3 is 5.21 Å². The van der Waals surface area contributed by atoms with Gasteiger partial charge in [0.2, 0.25) is 0 Å². The Morgan fingerprint density at radius 2 is 2.18 bits per heavy atom. The Bertz CT molecular complexity index is 299. The molecule has 54 valence electrons. The van der Waals surface area contributed by atoms with E-state index in [9.17, 15) is 0 Å². The molecule has 0 saturated carbocycles. The first-order valence-corrected chi connectivity index (χ1v) is 2.91. The van der Waals surface area contributed by atoms with E-state index < -0.39 is 0 Å². The maximum atomic E-state index is 8.42. The van der Waals surface area contributed by atoms with Crippen molar-refractivity contribution >= 4 is 5.71 Å². The third-order valence-electron chi connectivity index (χ3n) is 1.16. The van der Waals surface area contributed by atoms with Crippen LogP contribution in [0.2, 0.25) is 0 Å². The molecule has 0 aliphatic rings. The summed E-state index contributed by atoms with van der Waals surface area (Å²) < 4.78 is 0. The molecule has 1 heterocycles. The summed E-state index contributed by atoms with van der Waals surface area (Å²) in [6, 6.07) is 4.93. The molecular weight excluding hydrogens is 142 g/mol. The highest BCUT2D eigenvalue weighted by Gasteiger charge is 1.99. The highest BCUT2D eigenvalue weighted by Crippen LogP contribution is 1.97. The second kappa shape index (κ2) is 3.32. The first-order valence-electron chi connectivity index (χ1n) is 2.91. The third kappa shape index (κ3) is 1.52. The summed E-state index contributed by atoms with van der Waals surface area (Å²) in [5.74, 6) is 0. The fourth-order valence-electron chi connectivity index (χ4n) is 0.654. The van der Waals surface area contributed by atoms with Crippen molar-refractivity contribution in [3.63, 3.8) is 0 Å². The van der Waals surface area contributed by atoms with Crippen molar-refractivity contribution < 1.29 is 5.21 Å². The van der Waals surface area contributed by atoms with Gasteiger partial charge in [-0.05, 0) is 12.1 Å². The lowest BCUT2D eigenvalue weighted by Crippen LogP contribution is -1.96. The lowest BCUT2D eigenvalue weighted by atomic mass is 10.2. The number of hydrogen-bond donors (Lipinski definition) is 1. The fourth-order valence-corrected chi connectivity index (χ4v) is 0.654. The molecule has 0 atom stereocenters. The summed E-state index contributed by atoms with van der Waals surface area (Å²) in [5, 5.41) is 19.5. The number of pyridine rings is 1. The maximum Gasteiger partial charge on any atom is 0.186 e. The molecule has 1 aromatic heterocycles. The van der Waals surface area contributed by atoms with Crippen LogP contribution in [0.15, 0.2) is 29.7 Å². The van der Waals surface area contributed by atoms with E-state index >= 15 is 0 Å². The summed E-state index contributed by atoms with van der Waals surface area (Å²) in [4.78, 5) is 3.75. The molecule has 0 radical (unpaired) electrons. The molecule has 0 saturated heterocycles. The smallest absolute Gasteiger partial charge is 0.186 e. The van der Waals surface area contributed by atoms with Crippen molar-refractivity contribution in [2.24, 2.45) is 5.16 Å². The Morgan fingerprint density at radius 1 is 1.55 bits per heavy atom. The molecule has 0 spiro atoms. The molecule has 1 aromatic rings. The van der Waals surface area contributed by atoms with E-state index in [0.717, 1.165) is 0 Å². The van der Waals surface area contributed by atoms with Crippen LogP contribution in [0.25, 0.3) is 0 Å². The summed E-state index contributed by atoms with van der Waals surface area (Å²) in [6.07, 6.45) is 3.05. The van der Waals surface area contributed by atoms with Crippen molar-refractivity contribution in [2.45, 2.75) is 0 Å². The van der Waals surface area contributed by atoms with Gasteiger partial charge in [-0.15, -0.1) is 0 Å². The average Bonchev–Trinajstić information content (AvgIpc) is 2.09. The molecule has 0 aromatic carbocycles. The molecule has 0 aliphatic heterocycles. The Balaban J connectivity index is 3.05. The summed E-state index contributed by atoms with van der Waals surface area (Å²) in [6.45, 7) is 0. The van der Waals surface area contributed by atoms with Crippen LogP contribution < -0.4 is 0 Å². The van der Waals surface area contributed by atoms with Crippen LogP contribution in [0.1, 0.15) is 5.56 Å². The molecule has 0 fully saturated rings. The summed E-state index contributed by atoms with van der Waals surface area (Å²) in [5.41, 5.74) is 0.553. The number of rotatable bonds is 1. The van der Waals surface area contributed by atoms with Crippen molar-refractivity contribution in [3.8, 4) is 6.07 Å². The summed E-state index contributed by atoms with van der Waals surface area (Å²) >= 11 is 0. The number of hydrogen-bond acceptors (Lipinski definition) is 4. The van der Waals surface area contributed by atoms with Crippen molar-refractivity contribution in [1.29, 1.82) is 5.26 Å². The van der Waals surface area contributed by atoms with Crippen LogP contribution in [0.5, 0.6) is 0 Å². The van der Waals surface area contributed by atoms with E-state index in [1.165, 1.54) is 12.4 Å². The largest absolute Gasteiger partial charge is 0.410 e. The minimum Gasteiger partial charge on any atom is -0.410 e. The summed E-state index contributed by atoms with van der Waals surface area (Å²) in [7, 11) is 0. The van der Waals surface area contributed by atoms with Gasteiger partial charge in [0.15, 0.2) is 5.71 Å². The van der Waals surface area contributed by atoms with Gasteiger partial charge in [0.05, 0.1) is 0 Å². The van der Waals surface area contributed by atoms with Gasteiger partial charge in [-0.2, -0.15) is 5.26 Å². The lowest BCUT2D eigenvalue weighted by Gasteiger charge is -1.91. The number of nitrogens with zero attached hydrogens (tertiary/aromatic N) is 3. The molecule has 1 rings (SSSR count). The van der Waals surface area contributed by atoms with Gasteiger partial charge in [0, 0.05) is 18.0 Å². The molecular formula is C7H5N3O. The Labute approximate surface area is 63.4 Å². The zero-order valence-corrected chi connectivity index (χ0v) is 5.60. The molecule has 0 amide bonds. The normalized spacial score (nSPS) is 10.6. The zero-order chi connectivity index (χ0) is 8.10. The second-order valence-electron chi connectivity index (χ2n) is 1.80. The Morgan fingerprint density at radius 3 is 2.64 bits per heavy atom. The van der Waals surface area contributed by atoms with E-state index in [1.807, 2.05) is 0 Å². The van der Waals surface area contributed by atoms with Gasteiger partial charge in [-0.25, -0.2) is 0 Å². The number of nitriles is 1. The highest BCUT2D eigenvalue weighted by atomic mass is 16.4. The minimum atomic E-state index is -0.00704. The van der Waals surface area contributed by atoms with Crippen molar-refractivity contribution in [2.75, 3.05) is 0 Å². The van der Waals surface area contributed by atoms with Gasteiger partial charge in [0.25, 0.3) is 0 Å². The van der Waals surface area contributed by atoms with Crippen LogP contribution in [-0.2, 0) is 0 Å². The van der Waals surface area contributed by atoms with E-state index in [2.05, 4.69) is 10.1 Å². The SMILES string of the molecule is N#CC(=NO)c1ccncc1. The average molecular weight is 147 g/mol. The molecule has 1 N–H and O–H groups in total. The molecule has 11 heavy (non-hydrogen) atoms. The molecule has 0 aliphatic carbocycles. The minimum absolute atomic E-state index is 0.00704. The first-order chi connectivity index (χ1) is 5.38. The topological polar surface area (TPSA) is 69.3 Å². The standard InChI is InChI=1S/C7H5N3O/c8-5-7(10-11)6-1-3-9-4-2-6/h1-4,11H. The quantitative estimate of drug-likeness (QED) is 0.362. The van der Waals surface area contributed by atoms with Gasteiger partial charge in [-0.3, -0.25) is 4.98 Å². The predicted octanol–water partition coefficient (Wildman–Crippen LogP) is 0.783. The van der Waals surface area contributed by atoms with E-state index in [4.69, 9.17) is 10.5 Å². The monoisotopic (exact) mass is 147 g/mol. The fraction of sp³-hybridized carbons (Fsp3) is 0. The second-order valence-corrected chi connectivity index (χ2v) is 1.80. The van der Waals surface area contributed by atoms with Crippen molar-refractivity contribution in [3.05, 3.63) is 30.1 Å². The van der Waals surface area contributed by atoms with E-state index in [-0.39, 0.29) is 5.71 Å². The molecule has 0 bridgehead atoms. The molecule has 4 nitrogen and oxygen atoms in total. The van der Waals surface area contributed by atoms with Gasteiger partial charge in [0.1, 0.15) is 6.07 Å². The maximum absolute atomic E-state index is 8.42. The van der Waals surface area contributed by atoms with Gasteiger partial charge in [-0.1, -0.05) is 5.16 Å². The van der Waals surface area contributed by atoms with Crippen LogP contribution in [0.4, 0.5) is 0 Å². The lowest BCUT2D eigenvalue weighted by molar-refractivity contribution is 0.320. The zero-order valence-electron chi connectivity index (χ0n) is 5.60. The van der Waals surface area contributed by atoms with E-state index in [1.54, 1.807) is 18.2 Å². The van der Waals surface area contributed by atoms with Crippen LogP contribution in [0, 0.1) is 11.3 Å². The molecule has 4 heteroatoms.